The molecule has 2 N–H and O–H groups in total. The van der Waals surface area contributed by atoms with Gasteiger partial charge in [-0.25, -0.2) is 0 Å². The van der Waals surface area contributed by atoms with Crippen molar-refractivity contribution in [2.45, 2.75) is 27.2 Å². The lowest BCUT2D eigenvalue weighted by Gasteiger charge is -2.10. The van der Waals surface area contributed by atoms with Gasteiger partial charge in [-0.2, -0.15) is 0 Å². The Morgan fingerprint density at radius 1 is 0.900 bits per heavy atom. The van der Waals surface area contributed by atoms with E-state index in [4.69, 9.17) is 0 Å². The highest BCUT2D eigenvalue weighted by molar-refractivity contribution is 5.90. The van der Waals surface area contributed by atoms with Crippen molar-refractivity contribution in [2.24, 2.45) is 0 Å². The predicted molar refractivity (Wildman–Crippen MR) is 84.6 cm³/mol. The molecule has 0 saturated heterocycles. The topological polar surface area (TPSA) is 41.1 Å². The zero-order valence-electron chi connectivity index (χ0n) is 12.2. The molecule has 2 aromatic carbocycles. The van der Waals surface area contributed by atoms with Gasteiger partial charge in [0.25, 0.3) is 0 Å². The highest BCUT2D eigenvalue weighted by Gasteiger charge is 2.00. The van der Waals surface area contributed by atoms with Crippen LogP contribution in [0.3, 0.4) is 0 Å². The number of anilines is 3. The monoisotopic (exact) mass is 268 g/mol. The average molecular weight is 268 g/mol. The number of benzene rings is 2. The normalized spacial score (nSPS) is 10.2. The third kappa shape index (κ3) is 3.85. The molecule has 3 heteroatoms. The second kappa shape index (κ2) is 6.24. The second-order valence-corrected chi connectivity index (χ2v) is 4.98. The molecule has 0 heterocycles. The van der Waals surface area contributed by atoms with E-state index < -0.39 is 0 Å². The Kier molecular flexibility index (Phi) is 4.41. The summed E-state index contributed by atoms with van der Waals surface area (Å²) < 4.78 is 0. The summed E-state index contributed by atoms with van der Waals surface area (Å²) in [7, 11) is 0. The van der Waals surface area contributed by atoms with E-state index in [1.807, 2.05) is 31.2 Å². The first-order chi connectivity index (χ1) is 9.56. The van der Waals surface area contributed by atoms with E-state index in [2.05, 4.69) is 42.7 Å². The summed E-state index contributed by atoms with van der Waals surface area (Å²) in [5, 5.41) is 6.20. The summed E-state index contributed by atoms with van der Waals surface area (Å²) in [6.45, 7) is 6.01. The number of carbonyl (C=O) groups is 1. The highest BCUT2D eigenvalue weighted by Crippen LogP contribution is 2.21. The van der Waals surface area contributed by atoms with E-state index >= 15 is 0 Å². The van der Waals surface area contributed by atoms with Crippen LogP contribution in [0.1, 0.15) is 24.5 Å². The van der Waals surface area contributed by atoms with Crippen molar-refractivity contribution in [3.05, 3.63) is 53.6 Å². The second-order valence-electron chi connectivity index (χ2n) is 4.98. The molecule has 0 fully saturated rings. The van der Waals surface area contributed by atoms with Crippen LogP contribution < -0.4 is 10.6 Å². The van der Waals surface area contributed by atoms with Crippen molar-refractivity contribution in [2.75, 3.05) is 10.6 Å². The Balaban J connectivity index is 2.08. The zero-order chi connectivity index (χ0) is 14.5. The van der Waals surface area contributed by atoms with Gasteiger partial charge in [-0.15, -0.1) is 0 Å². The third-order valence-electron chi connectivity index (χ3n) is 3.00. The molecule has 1 amide bonds. The molecule has 3 nitrogen and oxygen atoms in total. The maximum Gasteiger partial charge on any atom is 0.224 e. The van der Waals surface area contributed by atoms with Gasteiger partial charge in [0.15, 0.2) is 0 Å². The van der Waals surface area contributed by atoms with E-state index in [9.17, 15) is 4.79 Å². The Morgan fingerprint density at radius 2 is 1.45 bits per heavy atom. The lowest BCUT2D eigenvalue weighted by molar-refractivity contribution is -0.115. The first-order valence-corrected chi connectivity index (χ1v) is 6.82. The standard InChI is InChI=1S/C17H20N2O/c1-4-17(20)19-15-7-5-14(6-8-15)18-16-10-12(2)9-13(3)11-16/h5-11,18H,4H2,1-3H3,(H,19,20). The minimum Gasteiger partial charge on any atom is -0.356 e. The highest BCUT2D eigenvalue weighted by atomic mass is 16.1. The first-order valence-electron chi connectivity index (χ1n) is 6.82. The Hall–Kier alpha value is -2.29. The van der Waals surface area contributed by atoms with Gasteiger partial charge in [-0.05, 0) is 61.4 Å². The lowest BCUT2D eigenvalue weighted by atomic mass is 10.1. The first kappa shape index (κ1) is 14.1. The maximum absolute atomic E-state index is 11.3. The molecule has 0 saturated carbocycles. The van der Waals surface area contributed by atoms with E-state index in [0.717, 1.165) is 17.1 Å². The third-order valence-corrected chi connectivity index (χ3v) is 3.00. The summed E-state index contributed by atoms with van der Waals surface area (Å²) in [4.78, 5) is 11.3. The molecule has 104 valence electrons. The van der Waals surface area contributed by atoms with E-state index in [1.54, 1.807) is 0 Å². The van der Waals surface area contributed by atoms with Crippen molar-refractivity contribution in [1.82, 2.24) is 0 Å². The van der Waals surface area contributed by atoms with Crippen LogP contribution in [0, 0.1) is 13.8 Å². The fraction of sp³-hybridized carbons (Fsp3) is 0.235. The van der Waals surface area contributed by atoms with Crippen LogP contribution in [0.4, 0.5) is 17.1 Å². The van der Waals surface area contributed by atoms with Crippen molar-refractivity contribution in [1.29, 1.82) is 0 Å². The molecule has 0 aliphatic carbocycles. The average Bonchev–Trinajstić information content (AvgIpc) is 2.39. The van der Waals surface area contributed by atoms with Crippen molar-refractivity contribution < 1.29 is 4.79 Å². The van der Waals surface area contributed by atoms with E-state index in [-0.39, 0.29) is 5.91 Å². The van der Waals surface area contributed by atoms with Gasteiger partial charge in [0, 0.05) is 23.5 Å². The van der Waals surface area contributed by atoms with Gasteiger partial charge >= 0.3 is 0 Å². The van der Waals surface area contributed by atoms with Crippen LogP contribution in [-0.4, -0.2) is 5.91 Å². The maximum atomic E-state index is 11.3. The number of rotatable bonds is 4. The van der Waals surface area contributed by atoms with Gasteiger partial charge in [0.1, 0.15) is 0 Å². The van der Waals surface area contributed by atoms with Gasteiger partial charge < -0.3 is 10.6 Å². The largest absolute Gasteiger partial charge is 0.356 e. The quantitative estimate of drug-likeness (QED) is 0.863. The summed E-state index contributed by atoms with van der Waals surface area (Å²) in [5.41, 5.74) is 5.37. The van der Waals surface area contributed by atoms with Crippen LogP contribution in [0.15, 0.2) is 42.5 Å². The molecule has 0 unspecified atom stereocenters. The summed E-state index contributed by atoms with van der Waals surface area (Å²) in [5.74, 6) is 0.0278. The number of aryl methyl sites for hydroxylation is 2. The fourth-order valence-corrected chi connectivity index (χ4v) is 2.10. The number of nitrogens with one attached hydrogen (secondary N) is 2. The van der Waals surface area contributed by atoms with Crippen molar-refractivity contribution in [3.63, 3.8) is 0 Å². The SMILES string of the molecule is CCC(=O)Nc1ccc(Nc2cc(C)cc(C)c2)cc1. The number of carbonyl (C=O) groups excluding carboxylic acids is 1. The van der Waals surface area contributed by atoms with Crippen molar-refractivity contribution >= 4 is 23.0 Å². The summed E-state index contributed by atoms with van der Waals surface area (Å²) in [6, 6.07) is 14.1. The smallest absolute Gasteiger partial charge is 0.224 e. The van der Waals surface area contributed by atoms with Crippen LogP contribution in [-0.2, 0) is 4.79 Å². The van der Waals surface area contributed by atoms with Gasteiger partial charge in [0.05, 0.1) is 0 Å². The number of amides is 1. The van der Waals surface area contributed by atoms with Gasteiger partial charge in [0.2, 0.25) is 5.91 Å². The molecule has 0 aliphatic rings. The Labute approximate surface area is 120 Å². The molecular formula is C17H20N2O. The van der Waals surface area contributed by atoms with Gasteiger partial charge in [-0.1, -0.05) is 13.0 Å². The molecule has 0 bridgehead atoms. The zero-order valence-corrected chi connectivity index (χ0v) is 12.2. The molecule has 0 aromatic heterocycles. The van der Waals surface area contributed by atoms with Crippen LogP contribution >= 0.6 is 0 Å². The van der Waals surface area contributed by atoms with Crippen LogP contribution in [0.25, 0.3) is 0 Å². The molecular weight excluding hydrogens is 248 g/mol. The molecule has 0 spiro atoms. The Morgan fingerprint density at radius 3 is 2.00 bits per heavy atom. The summed E-state index contributed by atoms with van der Waals surface area (Å²) >= 11 is 0. The Bertz CT molecular complexity index is 583. The van der Waals surface area contributed by atoms with E-state index in [0.29, 0.717) is 6.42 Å². The minimum atomic E-state index is 0.0278. The number of hydrogen-bond acceptors (Lipinski definition) is 2. The summed E-state index contributed by atoms with van der Waals surface area (Å²) in [6.07, 6.45) is 0.489. The molecule has 0 aliphatic heterocycles. The van der Waals surface area contributed by atoms with E-state index in [1.165, 1.54) is 11.1 Å². The fourth-order valence-electron chi connectivity index (χ4n) is 2.10. The predicted octanol–water partition coefficient (Wildman–Crippen LogP) is 4.40. The molecule has 2 aromatic rings. The lowest BCUT2D eigenvalue weighted by Crippen LogP contribution is -2.09. The van der Waals surface area contributed by atoms with Crippen molar-refractivity contribution in [3.8, 4) is 0 Å². The number of hydrogen-bond donors (Lipinski definition) is 2. The molecule has 2 rings (SSSR count). The molecule has 0 radical (unpaired) electrons. The van der Waals surface area contributed by atoms with Gasteiger partial charge in [-0.3, -0.25) is 4.79 Å². The molecule has 20 heavy (non-hydrogen) atoms. The minimum absolute atomic E-state index is 0.0278. The van der Waals surface area contributed by atoms with Crippen LogP contribution in [0.5, 0.6) is 0 Å². The van der Waals surface area contributed by atoms with Crippen LogP contribution in [0.2, 0.25) is 0 Å². The molecule has 0 atom stereocenters.